The molecule has 5 heteroatoms. The molecule has 0 atom stereocenters. The Labute approximate surface area is 170 Å². The van der Waals surface area contributed by atoms with E-state index in [2.05, 4.69) is 18.8 Å². The average Bonchev–Trinajstić information content (AvgIpc) is 2.73. The van der Waals surface area contributed by atoms with E-state index in [0.717, 1.165) is 16.8 Å². The highest BCUT2D eigenvalue weighted by atomic mass is 16.5. The molecule has 0 saturated heterocycles. The van der Waals surface area contributed by atoms with Gasteiger partial charge in [-0.25, -0.2) is 4.79 Å². The van der Waals surface area contributed by atoms with Crippen LogP contribution in [0.25, 0.3) is 0 Å². The van der Waals surface area contributed by atoms with Crippen molar-refractivity contribution in [2.75, 3.05) is 7.11 Å². The van der Waals surface area contributed by atoms with Gasteiger partial charge in [0.2, 0.25) is 0 Å². The zero-order chi connectivity index (χ0) is 20.8. The number of ether oxygens (including phenoxy) is 2. The summed E-state index contributed by atoms with van der Waals surface area (Å²) in [6.07, 6.45) is 1.76. The number of carboxylic acids is 1. The van der Waals surface area contributed by atoms with Crippen LogP contribution in [0.4, 0.5) is 5.69 Å². The van der Waals surface area contributed by atoms with Crippen molar-refractivity contribution in [1.82, 2.24) is 0 Å². The smallest absolute Gasteiger partial charge is 0.335 e. The maximum absolute atomic E-state index is 11.0. The molecule has 148 valence electrons. The number of nitrogens with zero attached hydrogens (tertiary/aromatic N) is 1. The van der Waals surface area contributed by atoms with Gasteiger partial charge >= 0.3 is 5.97 Å². The fourth-order valence-electron chi connectivity index (χ4n) is 2.80. The van der Waals surface area contributed by atoms with Gasteiger partial charge in [-0.15, -0.1) is 0 Å². The molecule has 0 bridgehead atoms. The predicted molar refractivity (Wildman–Crippen MR) is 114 cm³/mol. The van der Waals surface area contributed by atoms with Crippen LogP contribution >= 0.6 is 0 Å². The number of aliphatic imine (C=N–C) groups is 1. The number of aromatic carboxylic acids is 1. The molecule has 0 amide bonds. The number of carboxylic acid groups (broad SMARTS) is 1. The summed E-state index contributed by atoms with van der Waals surface area (Å²) in [5.41, 5.74) is 5.18. The first-order valence-electron chi connectivity index (χ1n) is 9.21. The molecule has 0 spiro atoms. The monoisotopic (exact) mass is 389 g/mol. The fourth-order valence-corrected chi connectivity index (χ4v) is 2.80. The molecule has 0 unspecified atom stereocenters. The lowest BCUT2D eigenvalue weighted by molar-refractivity contribution is 0.0697. The fraction of sp³-hybridized carbons (Fsp3) is 0.167. The molecule has 3 rings (SSSR count). The predicted octanol–water partition coefficient (Wildman–Crippen LogP) is 5.34. The van der Waals surface area contributed by atoms with Crippen molar-refractivity contribution >= 4 is 17.9 Å². The van der Waals surface area contributed by atoms with Gasteiger partial charge < -0.3 is 14.6 Å². The van der Waals surface area contributed by atoms with Gasteiger partial charge in [0.05, 0.1) is 18.4 Å². The Hall–Kier alpha value is -3.60. The van der Waals surface area contributed by atoms with E-state index in [1.54, 1.807) is 37.6 Å². The van der Waals surface area contributed by atoms with Crippen LogP contribution in [0, 0.1) is 13.8 Å². The van der Waals surface area contributed by atoms with E-state index in [1.807, 2.05) is 36.4 Å². The van der Waals surface area contributed by atoms with E-state index in [1.165, 1.54) is 11.1 Å². The second-order valence-electron chi connectivity index (χ2n) is 6.70. The lowest BCUT2D eigenvalue weighted by Crippen LogP contribution is -2.02. The first kappa shape index (κ1) is 20.1. The van der Waals surface area contributed by atoms with E-state index in [-0.39, 0.29) is 12.2 Å². The summed E-state index contributed by atoms with van der Waals surface area (Å²) >= 11 is 0. The molecule has 5 nitrogen and oxygen atoms in total. The quantitative estimate of drug-likeness (QED) is 0.554. The Kier molecular flexibility index (Phi) is 6.29. The summed E-state index contributed by atoms with van der Waals surface area (Å²) in [7, 11) is 1.59. The third kappa shape index (κ3) is 5.02. The van der Waals surface area contributed by atoms with E-state index in [4.69, 9.17) is 14.6 Å². The van der Waals surface area contributed by atoms with Crippen LogP contribution in [0.2, 0.25) is 0 Å². The minimum atomic E-state index is -0.952. The van der Waals surface area contributed by atoms with Gasteiger partial charge in [0, 0.05) is 11.8 Å². The SMILES string of the molecule is COc1cccc(C=Nc2ccc(C)c(C)c2)c1OCc1ccc(C(=O)O)cc1. The van der Waals surface area contributed by atoms with Crippen molar-refractivity contribution in [3.05, 3.63) is 88.5 Å². The summed E-state index contributed by atoms with van der Waals surface area (Å²) in [6, 6.07) is 18.3. The van der Waals surface area contributed by atoms with Crippen LogP contribution in [-0.2, 0) is 6.61 Å². The van der Waals surface area contributed by atoms with Crippen molar-refractivity contribution in [3.8, 4) is 11.5 Å². The topological polar surface area (TPSA) is 68.1 Å². The molecule has 0 saturated carbocycles. The number of aryl methyl sites for hydroxylation is 2. The Morgan fingerprint density at radius 3 is 2.45 bits per heavy atom. The first-order valence-corrected chi connectivity index (χ1v) is 9.21. The molecule has 1 N–H and O–H groups in total. The van der Waals surface area contributed by atoms with Crippen LogP contribution in [0.3, 0.4) is 0 Å². The second kappa shape index (κ2) is 9.06. The maximum atomic E-state index is 11.0. The van der Waals surface area contributed by atoms with Crippen LogP contribution in [-0.4, -0.2) is 24.4 Å². The van der Waals surface area contributed by atoms with Gasteiger partial charge in [0.1, 0.15) is 6.61 Å². The van der Waals surface area contributed by atoms with Gasteiger partial charge in [-0.05, 0) is 66.9 Å². The van der Waals surface area contributed by atoms with Crippen molar-refractivity contribution in [1.29, 1.82) is 0 Å². The number of methoxy groups -OCH3 is 1. The maximum Gasteiger partial charge on any atom is 0.335 e. The molecule has 0 heterocycles. The minimum absolute atomic E-state index is 0.243. The number of carbonyl (C=O) groups is 1. The van der Waals surface area contributed by atoms with Crippen molar-refractivity contribution in [2.45, 2.75) is 20.5 Å². The highest BCUT2D eigenvalue weighted by Gasteiger charge is 2.10. The van der Waals surface area contributed by atoms with Crippen LogP contribution in [0.1, 0.15) is 32.6 Å². The van der Waals surface area contributed by atoms with E-state index in [9.17, 15) is 4.79 Å². The Balaban J connectivity index is 1.82. The van der Waals surface area contributed by atoms with E-state index >= 15 is 0 Å². The van der Waals surface area contributed by atoms with Gasteiger partial charge in [-0.3, -0.25) is 4.99 Å². The highest BCUT2D eigenvalue weighted by molar-refractivity contribution is 5.88. The normalized spacial score (nSPS) is 10.9. The number of rotatable bonds is 7. The number of para-hydroxylation sites is 1. The van der Waals surface area contributed by atoms with Crippen LogP contribution in [0.5, 0.6) is 11.5 Å². The van der Waals surface area contributed by atoms with Gasteiger partial charge in [0.25, 0.3) is 0 Å². The molecule has 0 aliphatic carbocycles. The largest absolute Gasteiger partial charge is 0.493 e. The molecule has 0 aromatic heterocycles. The van der Waals surface area contributed by atoms with Crippen LogP contribution in [0.15, 0.2) is 65.7 Å². The Morgan fingerprint density at radius 2 is 1.79 bits per heavy atom. The van der Waals surface area contributed by atoms with Crippen LogP contribution < -0.4 is 9.47 Å². The highest BCUT2D eigenvalue weighted by Crippen LogP contribution is 2.31. The molecular weight excluding hydrogens is 366 g/mol. The van der Waals surface area contributed by atoms with Gasteiger partial charge in [-0.1, -0.05) is 24.3 Å². The number of hydrogen-bond donors (Lipinski definition) is 1. The lowest BCUT2D eigenvalue weighted by atomic mass is 10.1. The summed E-state index contributed by atoms with van der Waals surface area (Å²) in [6.45, 7) is 4.41. The molecular formula is C24H23NO4. The molecule has 0 aliphatic rings. The zero-order valence-corrected chi connectivity index (χ0v) is 16.7. The molecule has 29 heavy (non-hydrogen) atoms. The third-order valence-corrected chi connectivity index (χ3v) is 4.66. The summed E-state index contributed by atoms with van der Waals surface area (Å²) in [4.78, 5) is 15.6. The minimum Gasteiger partial charge on any atom is -0.493 e. The Bertz CT molecular complexity index is 1040. The Morgan fingerprint density at radius 1 is 1.03 bits per heavy atom. The number of benzene rings is 3. The standard InChI is InChI=1S/C24H23NO4/c1-16-7-12-21(13-17(16)2)25-14-20-5-4-6-22(28-3)23(20)29-15-18-8-10-19(11-9-18)24(26)27/h4-14H,15H2,1-3H3,(H,26,27). The van der Waals surface area contributed by atoms with E-state index < -0.39 is 5.97 Å². The van der Waals surface area contributed by atoms with Crippen molar-refractivity contribution < 1.29 is 19.4 Å². The van der Waals surface area contributed by atoms with Crippen molar-refractivity contribution in [3.63, 3.8) is 0 Å². The zero-order valence-electron chi connectivity index (χ0n) is 16.7. The molecule has 0 radical (unpaired) electrons. The summed E-state index contributed by atoms with van der Waals surface area (Å²) in [5, 5.41) is 9.01. The lowest BCUT2D eigenvalue weighted by Gasteiger charge is -2.13. The van der Waals surface area contributed by atoms with Gasteiger partial charge in [0.15, 0.2) is 11.5 Å². The molecule has 0 fully saturated rings. The van der Waals surface area contributed by atoms with E-state index in [0.29, 0.717) is 11.5 Å². The molecule has 3 aromatic rings. The third-order valence-electron chi connectivity index (χ3n) is 4.66. The summed E-state index contributed by atoms with van der Waals surface area (Å²) < 4.78 is 11.5. The van der Waals surface area contributed by atoms with Crippen molar-refractivity contribution in [2.24, 2.45) is 4.99 Å². The van der Waals surface area contributed by atoms with Gasteiger partial charge in [-0.2, -0.15) is 0 Å². The average molecular weight is 389 g/mol. The molecule has 0 aliphatic heterocycles. The molecule has 3 aromatic carbocycles. The summed E-state index contributed by atoms with van der Waals surface area (Å²) in [5.74, 6) is 0.244. The number of hydrogen-bond acceptors (Lipinski definition) is 4. The second-order valence-corrected chi connectivity index (χ2v) is 6.70. The first-order chi connectivity index (χ1) is 14.0.